The van der Waals surface area contributed by atoms with Gasteiger partial charge in [0.25, 0.3) is 0 Å². The summed E-state index contributed by atoms with van der Waals surface area (Å²) < 4.78 is 5.88. The van der Waals surface area contributed by atoms with Gasteiger partial charge >= 0.3 is 0 Å². The summed E-state index contributed by atoms with van der Waals surface area (Å²) in [6.07, 6.45) is 3.55. The molecule has 1 N–H and O–H groups in total. The second-order valence-electron chi connectivity index (χ2n) is 4.49. The molecule has 2 aromatic heterocycles. The van der Waals surface area contributed by atoms with Crippen LogP contribution in [-0.2, 0) is 0 Å². The first kappa shape index (κ1) is 11.9. The van der Waals surface area contributed by atoms with E-state index in [-0.39, 0.29) is 6.04 Å². The van der Waals surface area contributed by atoms with Crippen molar-refractivity contribution in [2.45, 2.75) is 13.0 Å². The van der Waals surface area contributed by atoms with Gasteiger partial charge in [-0.15, -0.1) is 0 Å². The molecule has 0 aliphatic rings. The van der Waals surface area contributed by atoms with E-state index in [0.29, 0.717) is 0 Å². The van der Waals surface area contributed by atoms with E-state index in [1.807, 2.05) is 44.3 Å². The van der Waals surface area contributed by atoms with Gasteiger partial charge in [0, 0.05) is 11.6 Å². The molecule has 0 aliphatic carbocycles. The van der Waals surface area contributed by atoms with Gasteiger partial charge in [-0.05, 0) is 26.1 Å². The van der Waals surface area contributed by atoms with Gasteiger partial charge in [0.05, 0.1) is 17.6 Å². The van der Waals surface area contributed by atoms with Gasteiger partial charge < -0.3 is 9.73 Å². The lowest BCUT2D eigenvalue weighted by Gasteiger charge is -2.12. The van der Waals surface area contributed by atoms with E-state index in [1.165, 1.54) is 0 Å². The Bertz CT molecular complexity index is 655. The zero-order valence-electron chi connectivity index (χ0n) is 10.9. The lowest BCUT2D eigenvalue weighted by Crippen LogP contribution is -2.18. The summed E-state index contributed by atoms with van der Waals surface area (Å²) >= 11 is 0. The van der Waals surface area contributed by atoms with Crippen LogP contribution in [0.4, 0.5) is 0 Å². The van der Waals surface area contributed by atoms with Gasteiger partial charge in [0.15, 0.2) is 0 Å². The largest absolute Gasteiger partial charge is 0.459 e. The van der Waals surface area contributed by atoms with Gasteiger partial charge in [-0.25, -0.2) is 0 Å². The molecule has 3 rings (SSSR count). The predicted molar refractivity (Wildman–Crippen MR) is 73.9 cm³/mol. The molecule has 0 aliphatic heterocycles. The monoisotopic (exact) mass is 253 g/mol. The Balaban J connectivity index is 2.04. The van der Waals surface area contributed by atoms with Crippen molar-refractivity contribution in [3.8, 4) is 0 Å². The van der Waals surface area contributed by atoms with Crippen molar-refractivity contribution < 1.29 is 4.42 Å². The number of aryl methyl sites for hydroxylation is 1. The van der Waals surface area contributed by atoms with E-state index in [9.17, 15) is 0 Å². The fourth-order valence-electron chi connectivity index (χ4n) is 2.13. The Labute approximate surface area is 111 Å². The molecule has 0 spiro atoms. The minimum absolute atomic E-state index is 0.0829. The summed E-state index contributed by atoms with van der Waals surface area (Å²) in [6.45, 7) is 1.92. The third-order valence-corrected chi connectivity index (χ3v) is 3.11. The lowest BCUT2D eigenvalue weighted by molar-refractivity contribution is 0.485. The SMILES string of the molecule is CNC(c1cnc(C)cn1)c1cc2ccccc2o1. The highest BCUT2D eigenvalue weighted by atomic mass is 16.3. The second-order valence-corrected chi connectivity index (χ2v) is 4.49. The molecule has 0 amide bonds. The zero-order chi connectivity index (χ0) is 13.2. The zero-order valence-corrected chi connectivity index (χ0v) is 10.9. The standard InChI is InChI=1S/C15H15N3O/c1-10-8-18-12(9-17-10)15(16-2)14-7-11-5-3-4-6-13(11)19-14/h3-9,15-16H,1-2H3. The van der Waals surface area contributed by atoms with Crippen LogP contribution in [-0.4, -0.2) is 17.0 Å². The fraction of sp³-hybridized carbons (Fsp3) is 0.200. The maximum atomic E-state index is 5.88. The summed E-state index contributed by atoms with van der Waals surface area (Å²) in [5.74, 6) is 0.849. The Kier molecular flexibility index (Phi) is 3.01. The van der Waals surface area contributed by atoms with Crippen molar-refractivity contribution in [1.82, 2.24) is 15.3 Å². The average molecular weight is 253 g/mol. The molecule has 0 radical (unpaired) electrons. The number of nitrogens with one attached hydrogen (secondary N) is 1. The number of hydrogen-bond acceptors (Lipinski definition) is 4. The van der Waals surface area contributed by atoms with Crippen molar-refractivity contribution in [1.29, 1.82) is 0 Å². The number of aromatic nitrogens is 2. The van der Waals surface area contributed by atoms with Crippen LogP contribution in [0, 0.1) is 6.92 Å². The number of benzene rings is 1. The summed E-state index contributed by atoms with van der Waals surface area (Å²) in [5.41, 5.74) is 2.65. The number of furan rings is 1. The molecule has 19 heavy (non-hydrogen) atoms. The molecule has 1 unspecified atom stereocenters. The van der Waals surface area contributed by atoms with Crippen molar-refractivity contribution in [2.75, 3.05) is 7.05 Å². The highest BCUT2D eigenvalue weighted by molar-refractivity contribution is 5.77. The molecule has 0 fully saturated rings. The Morgan fingerprint density at radius 3 is 2.68 bits per heavy atom. The number of hydrogen-bond donors (Lipinski definition) is 1. The van der Waals surface area contributed by atoms with E-state index in [1.54, 1.807) is 12.4 Å². The van der Waals surface area contributed by atoms with Gasteiger partial charge in [-0.2, -0.15) is 0 Å². The van der Waals surface area contributed by atoms with Gasteiger partial charge in [0.1, 0.15) is 17.4 Å². The van der Waals surface area contributed by atoms with Crippen molar-refractivity contribution in [2.24, 2.45) is 0 Å². The second kappa shape index (κ2) is 4.82. The average Bonchev–Trinajstić information content (AvgIpc) is 2.85. The molecule has 4 heteroatoms. The third-order valence-electron chi connectivity index (χ3n) is 3.11. The first-order valence-corrected chi connectivity index (χ1v) is 6.22. The van der Waals surface area contributed by atoms with E-state index in [2.05, 4.69) is 15.3 Å². The maximum absolute atomic E-state index is 5.88. The smallest absolute Gasteiger partial charge is 0.134 e. The first-order chi connectivity index (χ1) is 9.28. The quantitative estimate of drug-likeness (QED) is 0.779. The number of nitrogens with zero attached hydrogens (tertiary/aromatic N) is 2. The number of fused-ring (bicyclic) bond motifs is 1. The molecular formula is C15H15N3O. The van der Waals surface area contributed by atoms with Crippen LogP contribution in [0.5, 0.6) is 0 Å². The highest BCUT2D eigenvalue weighted by Gasteiger charge is 2.18. The molecule has 0 bridgehead atoms. The molecule has 2 heterocycles. The van der Waals surface area contributed by atoms with E-state index < -0.39 is 0 Å². The van der Waals surface area contributed by atoms with Crippen molar-refractivity contribution >= 4 is 11.0 Å². The number of rotatable bonds is 3. The van der Waals surface area contributed by atoms with Crippen LogP contribution >= 0.6 is 0 Å². The van der Waals surface area contributed by atoms with E-state index >= 15 is 0 Å². The van der Waals surface area contributed by atoms with Crippen LogP contribution < -0.4 is 5.32 Å². The summed E-state index contributed by atoms with van der Waals surface area (Å²) in [5, 5.41) is 4.31. The molecule has 1 aromatic carbocycles. The normalized spacial score (nSPS) is 12.7. The van der Waals surface area contributed by atoms with Crippen LogP contribution in [0.3, 0.4) is 0 Å². The van der Waals surface area contributed by atoms with Gasteiger partial charge in [-0.3, -0.25) is 9.97 Å². The van der Waals surface area contributed by atoms with Crippen LogP contribution in [0.1, 0.15) is 23.2 Å². The third kappa shape index (κ3) is 2.22. The topological polar surface area (TPSA) is 51.0 Å². The highest BCUT2D eigenvalue weighted by Crippen LogP contribution is 2.26. The summed E-state index contributed by atoms with van der Waals surface area (Å²) in [7, 11) is 1.89. The van der Waals surface area contributed by atoms with Gasteiger partial charge in [-0.1, -0.05) is 18.2 Å². The molecule has 0 saturated heterocycles. The molecule has 1 atom stereocenters. The van der Waals surface area contributed by atoms with Crippen LogP contribution in [0.2, 0.25) is 0 Å². The van der Waals surface area contributed by atoms with Crippen LogP contribution in [0.15, 0.2) is 47.1 Å². The Morgan fingerprint density at radius 2 is 2.00 bits per heavy atom. The lowest BCUT2D eigenvalue weighted by atomic mass is 10.1. The molecule has 96 valence electrons. The van der Waals surface area contributed by atoms with E-state index in [4.69, 9.17) is 4.42 Å². The molecular weight excluding hydrogens is 238 g/mol. The van der Waals surface area contributed by atoms with Gasteiger partial charge in [0.2, 0.25) is 0 Å². The molecule has 4 nitrogen and oxygen atoms in total. The summed E-state index contributed by atoms with van der Waals surface area (Å²) in [4.78, 5) is 8.69. The van der Waals surface area contributed by atoms with E-state index in [0.717, 1.165) is 28.1 Å². The maximum Gasteiger partial charge on any atom is 0.134 e. The minimum atomic E-state index is -0.0829. The Hall–Kier alpha value is -2.20. The minimum Gasteiger partial charge on any atom is -0.459 e. The van der Waals surface area contributed by atoms with Crippen molar-refractivity contribution in [3.63, 3.8) is 0 Å². The molecule has 3 aromatic rings. The first-order valence-electron chi connectivity index (χ1n) is 6.22. The fourth-order valence-corrected chi connectivity index (χ4v) is 2.13. The Morgan fingerprint density at radius 1 is 1.16 bits per heavy atom. The summed E-state index contributed by atoms with van der Waals surface area (Å²) in [6, 6.07) is 9.93. The van der Waals surface area contributed by atoms with Crippen molar-refractivity contribution in [3.05, 3.63) is 59.9 Å². The van der Waals surface area contributed by atoms with Crippen LogP contribution in [0.25, 0.3) is 11.0 Å². The molecule has 0 saturated carbocycles. The number of para-hydroxylation sites is 1. The predicted octanol–water partition coefficient (Wildman–Crippen LogP) is 2.84.